The lowest BCUT2D eigenvalue weighted by Gasteiger charge is -2.05. The fourth-order valence-corrected chi connectivity index (χ4v) is 2.01. The monoisotopic (exact) mass is 280 g/mol. The Morgan fingerprint density at radius 1 is 1.10 bits per heavy atom. The van der Waals surface area contributed by atoms with E-state index in [0.717, 1.165) is 0 Å². The van der Waals surface area contributed by atoms with Crippen molar-refractivity contribution in [1.82, 2.24) is 9.38 Å². The Bertz CT molecular complexity index is 821. The van der Waals surface area contributed by atoms with Crippen LogP contribution in [0.5, 0.6) is 0 Å². The van der Waals surface area contributed by atoms with Gasteiger partial charge in [-0.2, -0.15) is 0 Å². The summed E-state index contributed by atoms with van der Waals surface area (Å²) < 4.78 is 1.70. The van der Waals surface area contributed by atoms with Gasteiger partial charge in [-0.05, 0) is 36.4 Å². The van der Waals surface area contributed by atoms with Crippen molar-refractivity contribution in [2.24, 2.45) is 5.73 Å². The van der Waals surface area contributed by atoms with Crippen LogP contribution in [0.4, 0.5) is 5.69 Å². The number of carbonyl (C=O) groups is 2. The van der Waals surface area contributed by atoms with Crippen LogP contribution in [0.3, 0.4) is 0 Å². The zero-order valence-electron chi connectivity index (χ0n) is 11.0. The zero-order chi connectivity index (χ0) is 14.8. The summed E-state index contributed by atoms with van der Waals surface area (Å²) in [5, 5.41) is 2.75. The number of amides is 2. The first-order valence-corrected chi connectivity index (χ1v) is 6.28. The van der Waals surface area contributed by atoms with Crippen molar-refractivity contribution in [3.63, 3.8) is 0 Å². The summed E-state index contributed by atoms with van der Waals surface area (Å²) in [4.78, 5) is 27.4. The van der Waals surface area contributed by atoms with Crippen molar-refractivity contribution in [3.05, 3.63) is 66.1 Å². The van der Waals surface area contributed by atoms with Gasteiger partial charge < -0.3 is 11.1 Å². The molecule has 0 unspecified atom stereocenters. The fourth-order valence-electron chi connectivity index (χ4n) is 2.01. The molecule has 2 amide bonds. The van der Waals surface area contributed by atoms with Gasteiger partial charge >= 0.3 is 0 Å². The Morgan fingerprint density at radius 2 is 1.86 bits per heavy atom. The lowest BCUT2D eigenvalue weighted by atomic mass is 10.2. The van der Waals surface area contributed by atoms with Gasteiger partial charge in [-0.25, -0.2) is 4.98 Å². The van der Waals surface area contributed by atoms with Gasteiger partial charge in [0.2, 0.25) is 5.91 Å². The third-order valence-corrected chi connectivity index (χ3v) is 3.08. The number of aromatic nitrogens is 2. The summed E-state index contributed by atoms with van der Waals surface area (Å²) in [5.74, 6) is -0.782. The number of hydrogen-bond acceptors (Lipinski definition) is 3. The van der Waals surface area contributed by atoms with E-state index >= 15 is 0 Å². The average Bonchev–Trinajstić information content (AvgIpc) is 2.92. The molecule has 0 atom stereocenters. The standard InChI is InChI=1S/C15H12N4O2/c16-14(20)10-4-6-11(7-5-10)18-15(21)12-9-17-13-3-1-2-8-19(12)13/h1-9H,(H2,16,20)(H,18,21). The molecule has 0 spiro atoms. The minimum Gasteiger partial charge on any atom is -0.366 e. The van der Waals surface area contributed by atoms with Gasteiger partial charge in [-0.3, -0.25) is 14.0 Å². The molecule has 0 saturated heterocycles. The van der Waals surface area contributed by atoms with Gasteiger partial charge in [0.15, 0.2) is 0 Å². The molecule has 6 nitrogen and oxygen atoms in total. The molecule has 2 aromatic heterocycles. The first-order chi connectivity index (χ1) is 10.1. The normalized spacial score (nSPS) is 10.5. The van der Waals surface area contributed by atoms with E-state index in [1.165, 1.54) is 6.20 Å². The molecule has 3 rings (SSSR count). The van der Waals surface area contributed by atoms with E-state index < -0.39 is 5.91 Å². The minimum atomic E-state index is -0.505. The van der Waals surface area contributed by atoms with Crippen molar-refractivity contribution < 1.29 is 9.59 Å². The highest BCUT2D eigenvalue weighted by atomic mass is 16.2. The number of anilines is 1. The number of nitrogens with zero attached hydrogens (tertiary/aromatic N) is 2. The van der Waals surface area contributed by atoms with E-state index in [1.807, 2.05) is 18.2 Å². The van der Waals surface area contributed by atoms with Gasteiger partial charge in [0.1, 0.15) is 11.3 Å². The third-order valence-electron chi connectivity index (χ3n) is 3.08. The second-order valence-corrected chi connectivity index (χ2v) is 4.47. The molecule has 1 aromatic carbocycles. The largest absolute Gasteiger partial charge is 0.366 e. The van der Waals surface area contributed by atoms with Crippen LogP contribution < -0.4 is 11.1 Å². The van der Waals surface area contributed by atoms with Gasteiger partial charge in [-0.15, -0.1) is 0 Å². The fraction of sp³-hybridized carbons (Fsp3) is 0. The van der Waals surface area contributed by atoms with Crippen LogP contribution >= 0.6 is 0 Å². The van der Waals surface area contributed by atoms with Crippen LogP contribution in [0.25, 0.3) is 5.65 Å². The van der Waals surface area contributed by atoms with Crippen LogP contribution in [0.1, 0.15) is 20.8 Å². The first-order valence-electron chi connectivity index (χ1n) is 6.28. The molecule has 2 heterocycles. The van der Waals surface area contributed by atoms with Crippen LogP contribution in [0.15, 0.2) is 54.9 Å². The van der Waals surface area contributed by atoms with Crippen molar-refractivity contribution >= 4 is 23.1 Å². The van der Waals surface area contributed by atoms with E-state index in [9.17, 15) is 9.59 Å². The van der Waals surface area contributed by atoms with Gasteiger partial charge in [0.25, 0.3) is 5.91 Å². The van der Waals surface area contributed by atoms with Crippen LogP contribution in [-0.2, 0) is 0 Å². The van der Waals surface area contributed by atoms with Crippen molar-refractivity contribution in [2.75, 3.05) is 5.32 Å². The van der Waals surface area contributed by atoms with Crippen LogP contribution in [0.2, 0.25) is 0 Å². The average molecular weight is 280 g/mol. The molecule has 0 aliphatic rings. The SMILES string of the molecule is NC(=O)c1ccc(NC(=O)c2cnc3ccccn23)cc1. The lowest BCUT2D eigenvalue weighted by Crippen LogP contribution is -2.15. The Hall–Kier alpha value is -3.15. The molecule has 3 N–H and O–H groups in total. The number of fused-ring (bicyclic) bond motifs is 1. The summed E-state index contributed by atoms with van der Waals surface area (Å²) in [6, 6.07) is 11.9. The summed E-state index contributed by atoms with van der Waals surface area (Å²) in [6.07, 6.45) is 3.29. The molecule has 3 aromatic rings. The summed E-state index contributed by atoms with van der Waals surface area (Å²) in [7, 11) is 0. The third kappa shape index (κ3) is 2.46. The predicted molar refractivity (Wildman–Crippen MR) is 78.1 cm³/mol. The topological polar surface area (TPSA) is 89.5 Å². The molecular formula is C15H12N4O2. The first kappa shape index (κ1) is 12.9. The maximum atomic E-state index is 12.2. The molecule has 0 aliphatic heterocycles. The summed E-state index contributed by atoms with van der Waals surface area (Å²) in [6.45, 7) is 0. The molecule has 0 fully saturated rings. The Labute approximate surface area is 120 Å². The van der Waals surface area contributed by atoms with E-state index in [2.05, 4.69) is 10.3 Å². The smallest absolute Gasteiger partial charge is 0.274 e. The number of pyridine rings is 1. The maximum absolute atomic E-state index is 12.2. The van der Waals surface area contributed by atoms with E-state index in [4.69, 9.17) is 5.73 Å². The van der Waals surface area contributed by atoms with E-state index in [0.29, 0.717) is 22.6 Å². The van der Waals surface area contributed by atoms with Crippen LogP contribution in [0, 0.1) is 0 Å². The molecule has 6 heteroatoms. The molecule has 0 bridgehead atoms. The highest BCUT2D eigenvalue weighted by Gasteiger charge is 2.12. The number of nitrogens with one attached hydrogen (secondary N) is 1. The predicted octanol–water partition coefficient (Wildman–Crippen LogP) is 1.69. The van der Waals surface area contributed by atoms with Gasteiger partial charge in [0.05, 0.1) is 6.20 Å². The van der Waals surface area contributed by atoms with E-state index in [1.54, 1.807) is 34.9 Å². The maximum Gasteiger partial charge on any atom is 0.274 e. The van der Waals surface area contributed by atoms with Crippen LogP contribution in [-0.4, -0.2) is 21.2 Å². The highest BCUT2D eigenvalue weighted by Crippen LogP contribution is 2.12. The summed E-state index contributed by atoms with van der Waals surface area (Å²) in [5.41, 5.74) is 7.27. The number of rotatable bonds is 3. The minimum absolute atomic E-state index is 0.277. The molecule has 0 aliphatic carbocycles. The number of benzene rings is 1. The quantitative estimate of drug-likeness (QED) is 0.765. The molecule has 0 saturated carbocycles. The second kappa shape index (κ2) is 5.09. The highest BCUT2D eigenvalue weighted by molar-refractivity contribution is 6.03. The van der Waals surface area contributed by atoms with E-state index in [-0.39, 0.29) is 5.91 Å². The Kier molecular flexibility index (Phi) is 3.12. The number of nitrogens with two attached hydrogens (primary N) is 1. The Balaban J connectivity index is 1.84. The van der Waals surface area contributed by atoms with Crippen molar-refractivity contribution in [2.45, 2.75) is 0 Å². The second-order valence-electron chi connectivity index (χ2n) is 4.47. The molecule has 104 valence electrons. The summed E-state index contributed by atoms with van der Waals surface area (Å²) >= 11 is 0. The lowest BCUT2D eigenvalue weighted by molar-refractivity contribution is 0.0997. The molecule has 21 heavy (non-hydrogen) atoms. The Morgan fingerprint density at radius 3 is 2.57 bits per heavy atom. The number of imidazole rings is 1. The number of carbonyl (C=O) groups excluding carboxylic acids is 2. The zero-order valence-corrected chi connectivity index (χ0v) is 11.0. The molecule has 0 radical (unpaired) electrons. The van der Waals surface area contributed by atoms with Gasteiger partial charge in [-0.1, -0.05) is 6.07 Å². The van der Waals surface area contributed by atoms with Gasteiger partial charge in [0, 0.05) is 17.4 Å². The molecular weight excluding hydrogens is 268 g/mol. The number of primary amides is 1. The number of hydrogen-bond donors (Lipinski definition) is 2. The van der Waals surface area contributed by atoms with Crippen molar-refractivity contribution in [1.29, 1.82) is 0 Å². The van der Waals surface area contributed by atoms with Crippen molar-refractivity contribution in [3.8, 4) is 0 Å².